The number of amides is 1. The van der Waals surface area contributed by atoms with Crippen molar-refractivity contribution in [2.24, 2.45) is 16.0 Å². The number of aryl methyl sites for hydroxylation is 2. The highest BCUT2D eigenvalue weighted by Gasteiger charge is 2.38. The van der Waals surface area contributed by atoms with Gasteiger partial charge < -0.3 is 4.57 Å². The lowest BCUT2D eigenvalue weighted by molar-refractivity contribution is -0.114. The van der Waals surface area contributed by atoms with Gasteiger partial charge in [0, 0.05) is 28.0 Å². The summed E-state index contributed by atoms with van der Waals surface area (Å²) in [5, 5.41) is 17.2. The second-order valence-corrected chi connectivity index (χ2v) is 10.3. The highest BCUT2D eigenvalue weighted by molar-refractivity contribution is 8.27. The first-order chi connectivity index (χ1) is 15.8. The molecule has 0 spiro atoms. The van der Waals surface area contributed by atoms with Crippen LogP contribution < -0.4 is 0 Å². The first-order valence-corrected chi connectivity index (χ1v) is 12.5. The van der Waals surface area contributed by atoms with Crippen LogP contribution in [0.1, 0.15) is 54.6 Å². The predicted octanol–water partition coefficient (Wildman–Crippen LogP) is 6.26. The van der Waals surface area contributed by atoms with Gasteiger partial charge in [0.05, 0.1) is 5.57 Å². The number of aromatic nitrogens is 1. The zero-order chi connectivity index (χ0) is 23.3. The lowest BCUT2D eigenvalue weighted by Gasteiger charge is -2.20. The normalized spacial score (nSPS) is 20.4. The molecule has 3 heterocycles. The number of nitrogens with zero attached hydrogens (tertiary/aromatic N) is 4. The van der Waals surface area contributed by atoms with Crippen molar-refractivity contribution in [3.8, 4) is 5.69 Å². The van der Waals surface area contributed by atoms with E-state index in [9.17, 15) is 4.79 Å². The average Bonchev–Trinajstić information content (AvgIpc) is 3.33. The number of nitrogens with one attached hydrogen (secondary N) is 1. The van der Waals surface area contributed by atoms with E-state index in [1.54, 1.807) is 6.08 Å². The summed E-state index contributed by atoms with van der Waals surface area (Å²) in [5.41, 5.74) is 5.29. The molecule has 0 saturated heterocycles. The van der Waals surface area contributed by atoms with E-state index in [1.165, 1.54) is 36.0 Å². The van der Waals surface area contributed by atoms with Crippen LogP contribution in [0.5, 0.6) is 0 Å². The predicted molar refractivity (Wildman–Crippen MR) is 137 cm³/mol. The first-order valence-electron chi connectivity index (χ1n) is 11.3. The fraction of sp³-hybridized carbons (Fsp3) is 0.360. The molecule has 1 aromatic heterocycles. The number of fused-ring (bicyclic) bond motifs is 1. The zero-order valence-corrected chi connectivity index (χ0v) is 20.6. The van der Waals surface area contributed by atoms with Crippen LogP contribution in [-0.2, 0) is 4.79 Å². The molecule has 1 fully saturated rings. The molecule has 3 aliphatic rings. The SMILES string of the molecule is Cc1cc(Cl)ccc1-n1c(C)cc(/C=C2/C(=N)N3N=C(C4CCCCC4)SC3=NC2=O)c1C. The van der Waals surface area contributed by atoms with Crippen LogP contribution in [0.15, 0.2) is 39.9 Å². The fourth-order valence-corrected chi connectivity index (χ4v) is 6.14. The van der Waals surface area contributed by atoms with Gasteiger partial charge in [-0.3, -0.25) is 10.2 Å². The molecule has 0 radical (unpaired) electrons. The second kappa shape index (κ2) is 8.61. The standard InChI is InChI=1S/C25H26ClN5OS/c1-14-11-19(26)9-10-21(14)30-15(2)12-18(16(30)3)13-20-22(27)31-25(28-23(20)32)33-24(29-31)17-7-5-4-6-8-17/h9-13,17,27H,4-8H2,1-3H3/b20-13-,27-22?. The average molecular weight is 480 g/mol. The van der Waals surface area contributed by atoms with Gasteiger partial charge in [-0.1, -0.05) is 30.9 Å². The van der Waals surface area contributed by atoms with Gasteiger partial charge in [-0.2, -0.15) is 15.1 Å². The molecule has 2 aliphatic heterocycles. The van der Waals surface area contributed by atoms with Gasteiger partial charge >= 0.3 is 0 Å². The maximum Gasteiger partial charge on any atom is 0.283 e. The van der Waals surface area contributed by atoms with Crippen LogP contribution in [0.2, 0.25) is 5.02 Å². The van der Waals surface area contributed by atoms with Crippen molar-refractivity contribution < 1.29 is 4.79 Å². The van der Waals surface area contributed by atoms with Gasteiger partial charge in [0.1, 0.15) is 5.04 Å². The lowest BCUT2D eigenvalue weighted by atomic mass is 9.90. The summed E-state index contributed by atoms with van der Waals surface area (Å²) >= 11 is 7.59. The van der Waals surface area contributed by atoms with Crippen molar-refractivity contribution in [1.82, 2.24) is 9.58 Å². The monoisotopic (exact) mass is 479 g/mol. The molecule has 6 nitrogen and oxygen atoms in total. The number of carbonyl (C=O) groups is 1. The second-order valence-electron chi connectivity index (χ2n) is 8.89. The smallest absolute Gasteiger partial charge is 0.283 e. The molecule has 33 heavy (non-hydrogen) atoms. The zero-order valence-electron chi connectivity index (χ0n) is 19.0. The summed E-state index contributed by atoms with van der Waals surface area (Å²) in [5.74, 6) is 0.121. The molecule has 1 aliphatic carbocycles. The van der Waals surface area contributed by atoms with Gasteiger partial charge in [0.2, 0.25) is 5.17 Å². The Morgan fingerprint density at radius 2 is 1.91 bits per heavy atom. The number of rotatable bonds is 3. The minimum Gasteiger partial charge on any atom is -0.318 e. The maximum atomic E-state index is 12.9. The lowest BCUT2D eigenvalue weighted by Crippen LogP contribution is -2.35. The Hall–Kier alpha value is -2.64. The Kier molecular flexibility index (Phi) is 5.79. The molecule has 1 aromatic carbocycles. The summed E-state index contributed by atoms with van der Waals surface area (Å²) in [6, 6.07) is 7.86. The molecule has 1 N–H and O–H groups in total. The third kappa shape index (κ3) is 3.97. The van der Waals surface area contributed by atoms with Gasteiger partial charge in [0.15, 0.2) is 5.84 Å². The van der Waals surface area contributed by atoms with E-state index in [-0.39, 0.29) is 17.3 Å². The molecular formula is C25H26ClN5OS. The van der Waals surface area contributed by atoms with E-state index < -0.39 is 0 Å². The highest BCUT2D eigenvalue weighted by atomic mass is 35.5. The molecule has 170 valence electrons. The summed E-state index contributed by atoms with van der Waals surface area (Å²) in [6.45, 7) is 6.08. The number of halogens is 1. The number of amidine groups is 2. The van der Waals surface area contributed by atoms with Gasteiger partial charge in [-0.15, -0.1) is 0 Å². The van der Waals surface area contributed by atoms with E-state index in [2.05, 4.69) is 9.56 Å². The van der Waals surface area contributed by atoms with Gasteiger partial charge in [-0.05, 0) is 86.8 Å². The Morgan fingerprint density at radius 1 is 1.15 bits per heavy atom. The van der Waals surface area contributed by atoms with E-state index in [0.29, 0.717) is 16.1 Å². The molecule has 8 heteroatoms. The first kappa shape index (κ1) is 22.2. The Morgan fingerprint density at radius 3 is 2.64 bits per heavy atom. The van der Waals surface area contributed by atoms with Crippen molar-refractivity contribution in [3.63, 3.8) is 0 Å². The number of aliphatic imine (C=N–C) groups is 1. The Balaban J connectivity index is 1.49. The molecule has 0 bridgehead atoms. The molecule has 2 aromatic rings. The van der Waals surface area contributed by atoms with Crippen molar-refractivity contribution in [2.75, 3.05) is 0 Å². The summed E-state index contributed by atoms with van der Waals surface area (Å²) in [7, 11) is 0. The number of hydrogen-bond donors (Lipinski definition) is 1. The molecule has 0 unspecified atom stereocenters. The van der Waals surface area contributed by atoms with Crippen LogP contribution in [0.4, 0.5) is 0 Å². The quantitative estimate of drug-likeness (QED) is 0.528. The number of carbonyl (C=O) groups excluding carboxylic acids is 1. The van der Waals surface area contributed by atoms with E-state index >= 15 is 0 Å². The number of benzene rings is 1. The van der Waals surface area contributed by atoms with Crippen molar-refractivity contribution in [3.05, 3.63) is 57.4 Å². The van der Waals surface area contributed by atoms with Crippen LogP contribution in [0.3, 0.4) is 0 Å². The molecule has 1 saturated carbocycles. The summed E-state index contributed by atoms with van der Waals surface area (Å²) in [6.07, 6.45) is 7.70. The van der Waals surface area contributed by atoms with Gasteiger partial charge in [-0.25, -0.2) is 0 Å². The third-order valence-electron chi connectivity index (χ3n) is 6.59. The highest BCUT2D eigenvalue weighted by Crippen LogP contribution is 2.36. The van der Waals surface area contributed by atoms with E-state index in [4.69, 9.17) is 22.1 Å². The Labute approximate surface area is 202 Å². The van der Waals surface area contributed by atoms with E-state index in [1.807, 2.05) is 45.0 Å². The molecular weight excluding hydrogens is 454 g/mol. The van der Waals surface area contributed by atoms with Crippen LogP contribution in [-0.4, -0.2) is 31.5 Å². The Bertz CT molecular complexity index is 1270. The summed E-state index contributed by atoms with van der Waals surface area (Å²) < 4.78 is 2.15. The maximum absolute atomic E-state index is 12.9. The molecule has 1 amide bonds. The van der Waals surface area contributed by atoms with Crippen LogP contribution in [0.25, 0.3) is 11.8 Å². The largest absolute Gasteiger partial charge is 0.318 e. The van der Waals surface area contributed by atoms with Crippen molar-refractivity contribution in [2.45, 2.75) is 52.9 Å². The van der Waals surface area contributed by atoms with Gasteiger partial charge in [0.25, 0.3) is 5.91 Å². The minimum absolute atomic E-state index is 0.0933. The van der Waals surface area contributed by atoms with Crippen molar-refractivity contribution in [1.29, 1.82) is 5.41 Å². The van der Waals surface area contributed by atoms with Crippen LogP contribution in [0, 0.1) is 32.1 Å². The topological polar surface area (TPSA) is 73.8 Å². The van der Waals surface area contributed by atoms with E-state index in [0.717, 1.165) is 46.1 Å². The molecule has 0 atom stereocenters. The molecule has 5 rings (SSSR count). The fourth-order valence-electron chi connectivity index (χ4n) is 4.85. The van der Waals surface area contributed by atoms with Crippen LogP contribution >= 0.6 is 23.4 Å². The third-order valence-corrected chi connectivity index (χ3v) is 7.90. The number of thioether (sulfide) groups is 1. The minimum atomic E-state index is -0.383. The summed E-state index contributed by atoms with van der Waals surface area (Å²) in [4.78, 5) is 17.2. The van der Waals surface area contributed by atoms with Crippen molar-refractivity contribution >= 4 is 51.4 Å². The number of hydrogen-bond acceptors (Lipinski definition) is 4. The number of hydrazone groups is 1.